The quantitative estimate of drug-likeness (QED) is 0.745. The van der Waals surface area contributed by atoms with Gasteiger partial charge in [0, 0.05) is 43.6 Å². The summed E-state index contributed by atoms with van der Waals surface area (Å²) in [6.07, 6.45) is 0.447. The number of nitrogens with one attached hydrogen (secondary N) is 2. The highest BCUT2D eigenvalue weighted by atomic mass is 32.2. The molecule has 2 unspecified atom stereocenters. The van der Waals surface area contributed by atoms with Crippen LogP contribution in [0.2, 0.25) is 0 Å². The van der Waals surface area contributed by atoms with E-state index in [9.17, 15) is 9.59 Å². The first-order valence-corrected chi connectivity index (χ1v) is 8.13. The lowest BCUT2D eigenvalue weighted by atomic mass is 10.2. The highest BCUT2D eigenvalue weighted by Crippen LogP contribution is 2.10. The molecule has 0 saturated carbocycles. The molecule has 0 bridgehead atoms. The Balaban J connectivity index is 2.36. The van der Waals surface area contributed by atoms with E-state index in [2.05, 4.69) is 10.6 Å². The maximum Gasteiger partial charge on any atom is 0.244 e. The summed E-state index contributed by atoms with van der Waals surface area (Å²) in [6.45, 7) is 7.95. The summed E-state index contributed by atoms with van der Waals surface area (Å²) in [7, 11) is 0. The molecule has 1 saturated heterocycles. The van der Waals surface area contributed by atoms with Crippen molar-refractivity contribution >= 4 is 23.6 Å². The molecule has 6 heteroatoms. The third-order valence-electron chi connectivity index (χ3n) is 3.25. The van der Waals surface area contributed by atoms with E-state index < -0.39 is 6.04 Å². The minimum absolute atomic E-state index is 0.00988. The smallest absolute Gasteiger partial charge is 0.244 e. The van der Waals surface area contributed by atoms with Crippen LogP contribution in [0.1, 0.15) is 27.2 Å². The molecule has 2 N–H and O–H groups in total. The van der Waals surface area contributed by atoms with Gasteiger partial charge in [-0.1, -0.05) is 0 Å². The molecule has 19 heavy (non-hydrogen) atoms. The Hall–Kier alpha value is -0.750. The Kier molecular flexibility index (Phi) is 7.23. The molecule has 0 aromatic carbocycles. The van der Waals surface area contributed by atoms with Crippen molar-refractivity contribution in [1.29, 1.82) is 0 Å². The van der Waals surface area contributed by atoms with Gasteiger partial charge in [-0.05, 0) is 20.8 Å². The van der Waals surface area contributed by atoms with E-state index in [0.717, 1.165) is 18.1 Å². The average Bonchev–Trinajstić information content (AvgIpc) is 2.40. The van der Waals surface area contributed by atoms with E-state index in [0.29, 0.717) is 19.5 Å². The lowest BCUT2D eigenvalue weighted by Gasteiger charge is -2.25. The number of thioether (sulfide) groups is 1. The van der Waals surface area contributed by atoms with Crippen LogP contribution in [0.3, 0.4) is 0 Å². The molecule has 0 radical (unpaired) electrons. The molecule has 2 amide bonds. The highest BCUT2D eigenvalue weighted by Gasteiger charge is 2.22. The van der Waals surface area contributed by atoms with Gasteiger partial charge in [0.25, 0.3) is 0 Å². The van der Waals surface area contributed by atoms with Crippen LogP contribution in [0.4, 0.5) is 0 Å². The SMILES string of the molecule is CCN(CC)C(=O)C(C)NC(=O)CC1CSCCN1. The summed E-state index contributed by atoms with van der Waals surface area (Å²) in [5.41, 5.74) is 0. The second-order valence-corrected chi connectivity index (χ2v) is 5.88. The number of hydrogen-bond donors (Lipinski definition) is 2. The molecule has 2 atom stereocenters. The van der Waals surface area contributed by atoms with Gasteiger partial charge in [0.2, 0.25) is 11.8 Å². The van der Waals surface area contributed by atoms with Crippen LogP contribution < -0.4 is 10.6 Å². The van der Waals surface area contributed by atoms with Crippen LogP contribution in [0.5, 0.6) is 0 Å². The molecule has 5 nitrogen and oxygen atoms in total. The minimum Gasteiger partial charge on any atom is -0.345 e. The lowest BCUT2D eigenvalue weighted by Crippen LogP contribution is -2.49. The second-order valence-electron chi connectivity index (χ2n) is 4.73. The fourth-order valence-corrected chi connectivity index (χ4v) is 3.09. The molecule has 0 spiro atoms. The molecule has 110 valence electrons. The predicted molar refractivity (Wildman–Crippen MR) is 79.3 cm³/mol. The molecule has 1 aliphatic heterocycles. The van der Waals surface area contributed by atoms with Crippen molar-refractivity contribution < 1.29 is 9.59 Å². The molecule has 1 heterocycles. The maximum absolute atomic E-state index is 12.0. The van der Waals surface area contributed by atoms with E-state index in [1.165, 1.54) is 0 Å². The first-order chi connectivity index (χ1) is 9.08. The third-order valence-corrected chi connectivity index (χ3v) is 4.38. The molecule has 1 fully saturated rings. The monoisotopic (exact) mass is 287 g/mol. The van der Waals surface area contributed by atoms with Crippen LogP contribution >= 0.6 is 11.8 Å². The Morgan fingerprint density at radius 2 is 2.11 bits per heavy atom. The zero-order valence-electron chi connectivity index (χ0n) is 12.1. The van der Waals surface area contributed by atoms with Crippen molar-refractivity contribution in [3.63, 3.8) is 0 Å². The van der Waals surface area contributed by atoms with E-state index in [4.69, 9.17) is 0 Å². The summed E-state index contributed by atoms with van der Waals surface area (Å²) >= 11 is 1.86. The molecular formula is C13H25N3O2S. The number of carbonyl (C=O) groups excluding carboxylic acids is 2. The molecule has 0 aliphatic carbocycles. The van der Waals surface area contributed by atoms with Crippen molar-refractivity contribution in [1.82, 2.24) is 15.5 Å². The maximum atomic E-state index is 12.0. The van der Waals surface area contributed by atoms with Crippen molar-refractivity contribution in [2.45, 2.75) is 39.3 Å². The molecule has 1 rings (SSSR count). The van der Waals surface area contributed by atoms with E-state index in [-0.39, 0.29) is 17.9 Å². The largest absolute Gasteiger partial charge is 0.345 e. The normalized spacial score (nSPS) is 20.7. The average molecular weight is 287 g/mol. The summed E-state index contributed by atoms with van der Waals surface area (Å²) in [5.74, 6) is 2.01. The summed E-state index contributed by atoms with van der Waals surface area (Å²) in [4.78, 5) is 25.7. The topological polar surface area (TPSA) is 61.4 Å². The zero-order chi connectivity index (χ0) is 14.3. The van der Waals surface area contributed by atoms with Crippen molar-refractivity contribution in [3.8, 4) is 0 Å². The Bertz CT molecular complexity index is 302. The van der Waals surface area contributed by atoms with Crippen LogP contribution in [-0.2, 0) is 9.59 Å². The predicted octanol–water partition coefficient (Wildman–Crippen LogP) is 0.455. The molecular weight excluding hydrogens is 262 g/mol. The number of nitrogens with zero attached hydrogens (tertiary/aromatic N) is 1. The van der Waals surface area contributed by atoms with Crippen molar-refractivity contribution in [3.05, 3.63) is 0 Å². The van der Waals surface area contributed by atoms with Gasteiger partial charge in [0.05, 0.1) is 0 Å². The number of rotatable bonds is 6. The van der Waals surface area contributed by atoms with Crippen molar-refractivity contribution in [2.75, 3.05) is 31.1 Å². The summed E-state index contributed by atoms with van der Waals surface area (Å²) in [6, 6.07) is -0.210. The zero-order valence-corrected chi connectivity index (χ0v) is 12.9. The lowest BCUT2D eigenvalue weighted by molar-refractivity contribution is -0.135. The number of amides is 2. The van der Waals surface area contributed by atoms with Crippen LogP contribution in [0, 0.1) is 0 Å². The summed E-state index contributed by atoms with van der Waals surface area (Å²) < 4.78 is 0. The molecule has 0 aromatic rings. The highest BCUT2D eigenvalue weighted by molar-refractivity contribution is 7.99. The van der Waals surface area contributed by atoms with Crippen molar-refractivity contribution in [2.24, 2.45) is 0 Å². The Morgan fingerprint density at radius 1 is 1.42 bits per heavy atom. The van der Waals surface area contributed by atoms with E-state index >= 15 is 0 Å². The van der Waals surface area contributed by atoms with Gasteiger partial charge in [-0.15, -0.1) is 0 Å². The van der Waals surface area contributed by atoms with Gasteiger partial charge < -0.3 is 15.5 Å². The first kappa shape index (κ1) is 16.3. The summed E-state index contributed by atoms with van der Waals surface area (Å²) in [5, 5.41) is 6.12. The first-order valence-electron chi connectivity index (χ1n) is 6.97. The van der Waals surface area contributed by atoms with Gasteiger partial charge in [-0.25, -0.2) is 0 Å². The number of hydrogen-bond acceptors (Lipinski definition) is 4. The van der Waals surface area contributed by atoms with Gasteiger partial charge in [-0.3, -0.25) is 9.59 Å². The third kappa shape index (κ3) is 5.40. The van der Waals surface area contributed by atoms with Crippen LogP contribution in [0.25, 0.3) is 0 Å². The van der Waals surface area contributed by atoms with Gasteiger partial charge in [0.1, 0.15) is 6.04 Å². The van der Waals surface area contributed by atoms with E-state index in [1.54, 1.807) is 11.8 Å². The number of likely N-dealkylation sites (N-methyl/N-ethyl adjacent to an activating group) is 1. The van der Waals surface area contributed by atoms with E-state index in [1.807, 2.05) is 25.6 Å². The fraction of sp³-hybridized carbons (Fsp3) is 0.846. The van der Waals surface area contributed by atoms with Gasteiger partial charge in [0.15, 0.2) is 0 Å². The fourth-order valence-electron chi connectivity index (χ4n) is 2.15. The molecule has 1 aliphatic rings. The van der Waals surface area contributed by atoms with Crippen LogP contribution in [-0.4, -0.2) is 59.9 Å². The standard InChI is InChI=1S/C13H25N3O2S/c1-4-16(5-2)13(18)10(3)15-12(17)8-11-9-19-7-6-14-11/h10-11,14H,4-9H2,1-3H3,(H,15,17). The van der Waals surface area contributed by atoms with Gasteiger partial charge in [-0.2, -0.15) is 11.8 Å². The second kappa shape index (κ2) is 8.43. The molecule has 0 aromatic heterocycles. The Morgan fingerprint density at radius 3 is 2.63 bits per heavy atom. The number of carbonyl (C=O) groups is 2. The minimum atomic E-state index is -0.441. The van der Waals surface area contributed by atoms with Crippen LogP contribution in [0.15, 0.2) is 0 Å². The Labute approximate surface area is 119 Å². The van der Waals surface area contributed by atoms with Gasteiger partial charge >= 0.3 is 0 Å².